The molecule has 1 N–H and O–H groups in total. The highest BCUT2D eigenvalue weighted by Crippen LogP contribution is 2.48. The lowest BCUT2D eigenvalue weighted by Crippen LogP contribution is -2.32. The van der Waals surface area contributed by atoms with E-state index in [2.05, 4.69) is 13.0 Å². The number of hydrogen-bond donors (Lipinski definition) is 1. The van der Waals surface area contributed by atoms with Crippen LogP contribution < -0.4 is 0 Å². The van der Waals surface area contributed by atoms with Crippen LogP contribution in [0.4, 0.5) is 0 Å². The Morgan fingerprint density at radius 3 is 2.83 bits per heavy atom. The van der Waals surface area contributed by atoms with Crippen LogP contribution in [-0.4, -0.2) is 5.11 Å². The first-order valence-electron chi connectivity index (χ1n) is 6.18. The third-order valence-corrected chi connectivity index (χ3v) is 5.36. The van der Waals surface area contributed by atoms with Crippen LogP contribution in [0.25, 0.3) is 0 Å². The molecule has 3 heteroatoms. The van der Waals surface area contributed by atoms with Gasteiger partial charge in [-0.15, -0.1) is 11.3 Å². The Morgan fingerprint density at radius 1 is 1.33 bits per heavy atom. The fourth-order valence-electron chi connectivity index (χ4n) is 2.84. The van der Waals surface area contributed by atoms with Crippen molar-refractivity contribution in [2.75, 3.05) is 0 Å². The lowest BCUT2D eigenvalue weighted by Gasteiger charge is -2.37. The highest BCUT2D eigenvalue weighted by Gasteiger charge is 2.40. The third kappa shape index (κ3) is 1.71. The van der Waals surface area contributed by atoms with E-state index in [-0.39, 0.29) is 0 Å². The van der Waals surface area contributed by atoms with E-state index < -0.39 is 5.60 Å². The number of hydrogen-bond acceptors (Lipinski definition) is 2. The first-order valence-corrected chi connectivity index (χ1v) is 7.44. The van der Waals surface area contributed by atoms with E-state index in [1.54, 1.807) is 0 Å². The van der Waals surface area contributed by atoms with Gasteiger partial charge in [0.1, 0.15) is 5.60 Å². The lowest BCUT2D eigenvalue weighted by atomic mass is 9.74. The molecule has 2 atom stereocenters. The van der Waals surface area contributed by atoms with Crippen molar-refractivity contribution >= 4 is 22.9 Å². The average Bonchev–Trinajstić information content (AvgIpc) is 2.82. The summed E-state index contributed by atoms with van der Waals surface area (Å²) in [6, 6.07) is 10.0. The molecule has 0 fully saturated rings. The van der Waals surface area contributed by atoms with Gasteiger partial charge in [-0.25, -0.2) is 0 Å². The van der Waals surface area contributed by atoms with Crippen LogP contribution >= 0.6 is 22.9 Å². The van der Waals surface area contributed by atoms with Crippen molar-refractivity contribution in [3.8, 4) is 0 Å². The van der Waals surface area contributed by atoms with Crippen molar-refractivity contribution < 1.29 is 5.11 Å². The Bertz CT molecular complexity index is 577. The molecule has 0 bridgehead atoms. The van der Waals surface area contributed by atoms with Crippen LogP contribution in [0.1, 0.15) is 41.7 Å². The molecule has 0 saturated heterocycles. The van der Waals surface area contributed by atoms with Crippen molar-refractivity contribution in [2.24, 2.45) is 0 Å². The Labute approximate surface area is 116 Å². The second-order valence-corrected chi connectivity index (χ2v) is 6.31. The normalized spacial score (nSPS) is 26.9. The molecule has 0 spiro atoms. The molecule has 1 aromatic carbocycles. The van der Waals surface area contributed by atoms with Crippen LogP contribution in [-0.2, 0) is 5.60 Å². The summed E-state index contributed by atoms with van der Waals surface area (Å²) in [7, 11) is 0. The maximum absolute atomic E-state index is 11.1. The Kier molecular flexibility index (Phi) is 2.97. The van der Waals surface area contributed by atoms with Gasteiger partial charge in [0.15, 0.2) is 0 Å². The summed E-state index contributed by atoms with van der Waals surface area (Å²) >= 11 is 7.75. The van der Waals surface area contributed by atoms with Crippen LogP contribution in [0.15, 0.2) is 35.7 Å². The fraction of sp³-hybridized carbons (Fsp3) is 0.333. The summed E-state index contributed by atoms with van der Waals surface area (Å²) in [4.78, 5) is 0.878. The highest BCUT2D eigenvalue weighted by molar-refractivity contribution is 7.10. The molecule has 1 heterocycles. The zero-order valence-electron chi connectivity index (χ0n) is 10.2. The van der Waals surface area contributed by atoms with Gasteiger partial charge >= 0.3 is 0 Å². The first kappa shape index (κ1) is 12.2. The molecule has 1 aliphatic carbocycles. The molecule has 0 radical (unpaired) electrons. The molecule has 3 rings (SSSR count). The van der Waals surface area contributed by atoms with Crippen molar-refractivity contribution in [1.29, 1.82) is 0 Å². The monoisotopic (exact) mass is 278 g/mol. The van der Waals surface area contributed by atoms with Gasteiger partial charge in [-0.05, 0) is 41.3 Å². The molecule has 18 heavy (non-hydrogen) atoms. The van der Waals surface area contributed by atoms with Crippen LogP contribution in [0.3, 0.4) is 0 Å². The van der Waals surface area contributed by atoms with E-state index in [1.165, 1.54) is 16.9 Å². The van der Waals surface area contributed by atoms with Gasteiger partial charge in [0.25, 0.3) is 0 Å². The number of halogens is 1. The van der Waals surface area contributed by atoms with E-state index in [0.29, 0.717) is 10.9 Å². The summed E-state index contributed by atoms with van der Waals surface area (Å²) in [5, 5.41) is 13.7. The molecular weight excluding hydrogens is 264 g/mol. The molecule has 0 aliphatic heterocycles. The Balaban J connectivity index is 2.20. The fourth-order valence-corrected chi connectivity index (χ4v) is 4.20. The SMILES string of the molecule is CC1CCC(O)(c2sccc2Cl)c2ccccc21. The van der Waals surface area contributed by atoms with E-state index >= 15 is 0 Å². The predicted molar refractivity (Wildman–Crippen MR) is 76.4 cm³/mol. The van der Waals surface area contributed by atoms with Gasteiger partial charge in [0.05, 0.1) is 9.90 Å². The third-order valence-electron chi connectivity index (χ3n) is 3.87. The Morgan fingerprint density at radius 2 is 2.11 bits per heavy atom. The first-order chi connectivity index (χ1) is 8.63. The van der Waals surface area contributed by atoms with Crippen molar-refractivity contribution in [2.45, 2.75) is 31.3 Å². The zero-order valence-corrected chi connectivity index (χ0v) is 11.8. The standard InChI is InChI=1S/C15H15ClOS/c1-10-6-8-15(17,14-13(16)7-9-18-14)12-5-3-2-4-11(10)12/h2-5,7,9-10,17H,6,8H2,1H3. The highest BCUT2D eigenvalue weighted by atomic mass is 35.5. The number of rotatable bonds is 1. The van der Waals surface area contributed by atoms with E-state index in [9.17, 15) is 5.11 Å². The second kappa shape index (κ2) is 4.37. The van der Waals surface area contributed by atoms with E-state index in [0.717, 1.165) is 23.3 Å². The Hall–Kier alpha value is -0.830. The maximum atomic E-state index is 11.1. The van der Waals surface area contributed by atoms with Crippen LogP contribution in [0.2, 0.25) is 5.02 Å². The largest absolute Gasteiger partial charge is 0.379 e. The van der Waals surface area contributed by atoms with Gasteiger partial charge in [0, 0.05) is 0 Å². The molecule has 2 aromatic rings. The lowest BCUT2D eigenvalue weighted by molar-refractivity contribution is 0.0617. The van der Waals surface area contributed by atoms with Gasteiger partial charge in [-0.1, -0.05) is 42.8 Å². The topological polar surface area (TPSA) is 20.2 Å². The number of fused-ring (bicyclic) bond motifs is 1. The minimum Gasteiger partial charge on any atom is -0.379 e. The van der Waals surface area contributed by atoms with Crippen molar-refractivity contribution in [3.05, 3.63) is 56.7 Å². The minimum atomic E-state index is -0.908. The molecule has 0 saturated carbocycles. The van der Waals surface area contributed by atoms with Gasteiger partial charge in [-0.2, -0.15) is 0 Å². The van der Waals surface area contributed by atoms with Gasteiger partial charge < -0.3 is 5.11 Å². The van der Waals surface area contributed by atoms with Crippen LogP contribution in [0, 0.1) is 0 Å². The zero-order chi connectivity index (χ0) is 12.8. The van der Waals surface area contributed by atoms with E-state index in [1.807, 2.05) is 29.6 Å². The van der Waals surface area contributed by atoms with Gasteiger partial charge in [-0.3, -0.25) is 0 Å². The molecule has 94 valence electrons. The average molecular weight is 279 g/mol. The summed E-state index contributed by atoms with van der Waals surface area (Å²) in [6.45, 7) is 2.22. The number of aliphatic hydroxyl groups is 1. The van der Waals surface area contributed by atoms with E-state index in [4.69, 9.17) is 11.6 Å². The molecule has 1 nitrogen and oxygen atoms in total. The molecular formula is C15H15ClOS. The molecule has 0 amide bonds. The van der Waals surface area contributed by atoms with Crippen LogP contribution in [0.5, 0.6) is 0 Å². The molecule has 1 aliphatic rings. The van der Waals surface area contributed by atoms with Gasteiger partial charge in [0.2, 0.25) is 0 Å². The quantitative estimate of drug-likeness (QED) is 0.812. The molecule has 1 aromatic heterocycles. The predicted octanol–water partition coefficient (Wildman–Crippen LogP) is 4.53. The maximum Gasteiger partial charge on any atom is 0.125 e. The summed E-state index contributed by atoms with van der Waals surface area (Å²) in [5.41, 5.74) is 1.36. The smallest absolute Gasteiger partial charge is 0.125 e. The number of benzene rings is 1. The second-order valence-electron chi connectivity index (χ2n) is 4.98. The summed E-state index contributed by atoms with van der Waals surface area (Å²) in [6.07, 6.45) is 1.73. The number of thiophene rings is 1. The van der Waals surface area contributed by atoms with Crippen molar-refractivity contribution in [1.82, 2.24) is 0 Å². The molecule has 2 unspecified atom stereocenters. The summed E-state index contributed by atoms with van der Waals surface area (Å²) < 4.78 is 0. The van der Waals surface area contributed by atoms with Crippen molar-refractivity contribution in [3.63, 3.8) is 0 Å². The summed E-state index contributed by atoms with van der Waals surface area (Å²) in [5.74, 6) is 0.500. The minimum absolute atomic E-state index is 0.500.